The first-order valence-corrected chi connectivity index (χ1v) is 9.73. The predicted molar refractivity (Wildman–Crippen MR) is 110 cm³/mol. The van der Waals surface area contributed by atoms with Crippen molar-refractivity contribution in [1.82, 2.24) is 25.5 Å². The summed E-state index contributed by atoms with van der Waals surface area (Å²) < 4.78 is 0. The Morgan fingerprint density at radius 3 is 2.93 bits per heavy atom. The minimum atomic E-state index is 0.293. The fraction of sp³-hybridized carbons (Fsp3) is 0.450. The van der Waals surface area contributed by atoms with E-state index >= 15 is 0 Å². The number of aromatic amines is 1. The first-order chi connectivity index (χ1) is 12.9. The Hall–Kier alpha value is -2.18. The molecule has 0 aliphatic carbocycles. The molecular weight excluding hydrogens is 360 g/mol. The van der Waals surface area contributed by atoms with Crippen molar-refractivity contribution in [3.63, 3.8) is 0 Å². The lowest BCUT2D eigenvalue weighted by molar-refractivity contribution is 0.296. The highest BCUT2D eigenvalue weighted by molar-refractivity contribution is 6.33. The minimum Gasteiger partial charge on any atom is -0.354 e. The maximum Gasteiger partial charge on any atom is 0.181 e. The number of pyridine rings is 2. The molecule has 4 heterocycles. The van der Waals surface area contributed by atoms with Crippen molar-refractivity contribution in [1.29, 1.82) is 0 Å². The van der Waals surface area contributed by atoms with Gasteiger partial charge in [0.05, 0.1) is 10.7 Å². The van der Waals surface area contributed by atoms with Crippen LogP contribution in [0.15, 0.2) is 30.5 Å². The second-order valence-electron chi connectivity index (χ2n) is 8.33. The number of halogens is 1. The molecule has 1 aliphatic rings. The summed E-state index contributed by atoms with van der Waals surface area (Å²) >= 11 is 6.48. The van der Waals surface area contributed by atoms with Crippen molar-refractivity contribution >= 4 is 28.5 Å². The number of aromatic nitrogens is 4. The topological polar surface area (TPSA) is 69.7 Å². The van der Waals surface area contributed by atoms with Gasteiger partial charge in [-0.2, -0.15) is 5.10 Å². The number of piperazine rings is 1. The number of rotatable bonds is 3. The number of hydrogen-bond donors (Lipinski definition) is 2. The van der Waals surface area contributed by atoms with E-state index in [0.29, 0.717) is 22.1 Å². The molecule has 27 heavy (non-hydrogen) atoms. The zero-order valence-corrected chi connectivity index (χ0v) is 16.7. The van der Waals surface area contributed by atoms with Crippen molar-refractivity contribution in [3.8, 4) is 11.4 Å². The van der Waals surface area contributed by atoms with Gasteiger partial charge in [-0.25, -0.2) is 9.97 Å². The number of hydrogen-bond acceptors (Lipinski definition) is 5. The first kappa shape index (κ1) is 18.2. The van der Waals surface area contributed by atoms with E-state index < -0.39 is 0 Å². The van der Waals surface area contributed by atoms with Gasteiger partial charge in [0.25, 0.3) is 0 Å². The minimum absolute atomic E-state index is 0.293. The Morgan fingerprint density at radius 2 is 2.11 bits per heavy atom. The zero-order chi connectivity index (χ0) is 19.0. The van der Waals surface area contributed by atoms with E-state index in [4.69, 9.17) is 16.6 Å². The summed E-state index contributed by atoms with van der Waals surface area (Å²) in [4.78, 5) is 11.5. The molecular formula is C20H25ClN6. The van der Waals surface area contributed by atoms with Gasteiger partial charge in [-0.3, -0.25) is 5.10 Å². The molecule has 1 saturated heterocycles. The van der Waals surface area contributed by atoms with Crippen molar-refractivity contribution in [3.05, 3.63) is 35.5 Å². The van der Waals surface area contributed by atoms with Crippen LogP contribution in [-0.2, 0) is 0 Å². The molecule has 0 amide bonds. The number of anilines is 1. The van der Waals surface area contributed by atoms with Crippen LogP contribution in [0.1, 0.15) is 27.2 Å². The lowest BCUT2D eigenvalue weighted by atomic mass is 9.87. The normalized spacial score (nSPS) is 18.2. The Morgan fingerprint density at radius 1 is 1.26 bits per heavy atom. The van der Waals surface area contributed by atoms with Crippen molar-refractivity contribution in [2.75, 3.05) is 24.5 Å². The van der Waals surface area contributed by atoms with E-state index in [1.807, 2.05) is 24.3 Å². The molecule has 1 aliphatic heterocycles. The van der Waals surface area contributed by atoms with E-state index in [1.54, 1.807) is 6.20 Å². The lowest BCUT2D eigenvalue weighted by Crippen LogP contribution is -2.52. The van der Waals surface area contributed by atoms with Gasteiger partial charge in [-0.15, -0.1) is 0 Å². The second-order valence-corrected chi connectivity index (χ2v) is 8.74. The third-order valence-corrected chi connectivity index (χ3v) is 5.14. The second kappa shape index (κ2) is 7.09. The predicted octanol–water partition coefficient (Wildman–Crippen LogP) is 3.89. The van der Waals surface area contributed by atoms with Crippen LogP contribution in [0.5, 0.6) is 0 Å². The highest BCUT2D eigenvalue weighted by atomic mass is 35.5. The standard InChI is InChI=1S/C20H25ClN6/c1-20(2,3)11-13-12-27(10-9-22-13)16-7-6-15(21)18(24-16)17-14-5-4-8-23-19(14)26-25-17/h4-8,13,22H,9-12H2,1-3H3,(H,23,25,26). The highest BCUT2D eigenvalue weighted by Gasteiger charge is 2.25. The summed E-state index contributed by atoms with van der Waals surface area (Å²) in [6.45, 7) is 9.67. The Kier molecular flexibility index (Phi) is 4.78. The van der Waals surface area contributed by atoms with Gasteiger partial charge in [0.15, 0.2) is 5.65 Å². The molecule has 6 nitrogen and oxygen atoms in total. The van der Waals surface area contributed by atoms with Gasteiger partial charge in [0, 0.05) is 37.3 Å². The average Bonchev–Trinajstić information content (AvgIpc) is 3.05. The summed E-state index contributed by atoms with van der Waals surface area (Å²) in [6, 6.07) is 8.25. The lowest BCUT2D eigenvalue weighted by Gasteiger charge is -2.37. The fourth-order valence-corrected chi connectivity index (χ4v) is 3.92. The smallest absolute Gasteiger partial charge is 0.181 e. The highest BCUT2D eigenvalue weighted by Crippen LogP contribution is 2.32. The Bertz CT molecular complexity index is 945. The van der Waals surface area contributed by atoms with Crippen molar-refractivity contribution in [2.45, 2.75) is 33.2 Å². The molecule has 3 aromatic rings. The van der Waals surface area contributed by atoms with Gasteiger partial charge in [-0.05, 0) is 36.1 Å². The molecule has 1 atom stereocenters. The molecule has 0 spiro atoms. The van der Waals surface area contributed by atoms with Crippen LogP contribution in [0.25, 0.3) is 22.4 Å². The average molecular weight is 385 g/mol. The maximum atomic E-state index is 6.48. The summed E-state index contributed by atoms with van der Waals surface area (Å²) in [5, 5.41) is 12.5. The SMILES string of the molecule is CC(C)(C)CC1CN(c2ccc(Cl)c(-c3[nH]nc4ncccc34)n2)CCN1. The summed E-state index contributed by atoms with van der Waals surface area (Å²) in [6.07, 6.45) is 2.86. The van der Waals surface area contributed by atoms with E-state index in [9.17, 15) is 0 Å². The summed E-state index contributed by atoms with van der Waals surface area (Å²) in [7, 11) is 0. The van der Waals surface area contributed by atoms with E-state index in [2.05, 4.69) is 46.2 Å². The molecule has 7 heteroatoms. The molecule has 0 radical (unpaired) electrons. The van der Waals surface area contributed by atoms with Crippen LogP contribution in [0.2, 0.25) is 5.02 Å². The molecule has 1 fully saturated rings. The molecule has 4 rings (SSSR count). The Balaban J connectivity index is 1.64. The molecule has 0 saturated carbocycles. The fourth-order valence-electron chi connectivity index (χ4n) is 3.72. The van der Waals surface area contributed by atoms with Crippen LogP contribution in [-0.4, -0.2) is 45.8 Å². The molecule has 1 unspecified atom stereocenters. The molecule has 0 bridgehead atoms. The zero-order valence-electron chi connectivity index (χ0n) is 16.0. The van der Waals surface area contributed by atoms with Crippen molar-refractivity contribution < 1.29 is 0 Å². The number of nitrogens with one attached hydrogen (secondary N) is 2. The molecule has 0 aromatic carbocycles. The number of fused-ring (bicyclic) bond motifs is 1. The van der Waals surface area contributed by atoms with Crippen LogP contribution in [0.4, 0.5) is 5.82 Å². The number of nitrogens with zero attached hydrogens (tertiary/aromatic N) is 4. The van der Waals surface area contributed by atoms with Crippen molar-refractivity contribution in [2.24, 2.45) is 5.41 Å². The maximum absolute atomic E-state index is 6.48. The van der Waals surface area contributed by atoms with E-state index in [0.717, 1.165) is 48.6 Å². The van der Waals surface area contributed by atoms with Crippen LogP contribution < -0.4 is 10.2 Å². The number of H-pyrrole nitrogens is 1. The van der Waals surface area contributed by atoms with E-state index in [1.165, 1.54) is 0 Å². The summed E-state index contributed by atoms with van der Waals surface area (Å²) in [5.74, 6) is 0.946. The molecule has 2 N–H and O–H groups in total. The summed E-state index contributed by atoms with van der Waals surface area (Å²) in [5.41, 5.74) is 2.49. The first-order valence-electron chi connectivity index (χ1n) is 9.35. The van der Waals surface area contributed by atoms with Crippen LogP contribution >= 0.6 is 11.6 Å². The van der Waals surface area contributed by atoms with Gasteiger partial charge in [0.2, 0.25) is 0 Å². The Labute approximate surface area is 164 Å². The third-order valence-electron chi connectivity index (χ3n) is 4.84. The van der Waals surface area contributed by atoms with Gasteiger partial charge in [0.1, 0.15) is 11.5 Å². The third kappa shape index (κ3) is 3.92. The van der Waals surface area contributed by atoms with Crippen LogP contribution in [0.3, 0.4) is 0 Å². The van der Waals surface area contributed by atoms with Gasteiger partial charge < -0.3 is 10.2 Å². The van der Waals surface area contributed by atoms with Gasteiger partial charge >= 0.3 is 0 Å². The molecule has 3 aromatic heterocycles. The van der Waals surface area contributed by atoms with E-state index in [-0.39, 0.29) is 0 Å². The molecule has 142 valence electrons. The quantitative estimate of drug-likeness (QED) is 0.717. The van der Waals surface area contributed by atoms with Gasteiger partial charge in [-0.1, -0.05) is 32.4 Å². The van der Waals surface area contributed by atoms with Crippen LogP contribution in [0, 0.1) is 5.41 Å². The largest absolute Gasteiger partial charge is 0.354 e. The monoisotopic (exact) mass is 384 g/mol.